The number of sulfonamides is 1. The van der Waals surface area contributed by atoms with E-state index in [1.54, 1.807) is 47.6 Å². The van der Waals surface area contributed by atoms with Crippen LogP contribution in [-0.4, -0.2) is 59.2 Å². The van der Waals surface area contributed by atoms with E-state index in [0.717, 1.165) is 16.9 Å². The second-order valence-corrected chi connectivity index (χ2v) is 13.3. The number of aryl methyl sites for hydroxylation is 2. The van der Waals surface area contributed by atoms with Crippen molar-refractivity contribution in [1.29, 1.82) is 5.26 Å². The smallest absolute Gasteiger partial charge is 0.410 e. The maximum atomic E-state index is 13.8. The first kappa shape index (κ1) is 27.8. The van der Waals surface area contributed by atoms with Crippen molar-refractivity contribution in [3.05, 3.63) is 69.4 Å². The van der Waals surface area contributed by atoms with Crippen molar-refractivity contribution in [3.8, 4) is 16.6 Å². The number of nitrogens with zero attached hydrogens (tertiary/aromatic N) is 5. The molecule has 2 aliphatic rings. The molecule has 0 saturated carbocycles. The Kier molecular flexibility index (Phi) is 6.96. The molecule has 4 aromatic rings. The summed E-state index contributed by atoms with van der Waals surface area (Å²) in [5, 5.41) is 18.9. The van der Waals surface area contributed by atoms with Gasteiger partial charge in [-0.2, -0.15) is 5.26 Å². The van der Waals surface area contributed by atoms with E-state index in [9.17, 15) is 18.0 Å². The summed E-state index contributed by atoms with van der Waals surface area (Å²) in [6.45, 7) is 4.48. The SMILES string of the molecule is Cc1nc(-c2cc3nc(C)n(Cc4ccc(C#N)cc4)c(=O)c3cc2N[C@H]2CCN3C(=O)OC[C@@H]3C2)sc1S(N)(=O)=O. The first-order valence-electron chi connectivity index (χ1n) is 13.3. The number of nitrogens with one attached hydrogen (secondary N) is 1. The molecular weight excluding hydrogens is 578 g/mol. The third-order valence-corrected chi connectivity index (χ3v) is 10.4. The van der Waals surface area contributed by atoms with E-state index in [4.69, 9.17) is 20.1 Å². The second-order valence-electron chi connectivity index (χ2n) is 10.5. The topological polar surface area (TPSA) is 173 Å². The van der Waals surface area contributed by atoms with Gasteiger partial charge in [-0.3, -0.25) is 9.36 Å². The number of anilines is 1. The van der Waals surface area contributed by atoms with Crippen molar-refractivity contribution < 1.29 is 17.9 Å². The Hall–Kier alpha value is -4.32. The Morgan fingerprint density at radius 2 is 1.95 bits per heavy atom. The van der Waals surface area contributed by atoms with Gasteiger partial charge >= 0.3 is 6.09 Å². The fourth-order valence-electron chi connectivity index (χ4n) is 5.54. The fraction of sp³-hybridized carbons (Fsp3) is 0.321. The van der Waals surface area contributed by atoms with Gasteiger partial charge < -0.3 is 15.0 Å². The number of benzene rings is 2. The normalized spacial score (nSPS) is 18.5. The van der Waals surface area contributed by atoms with E-state index < -0.39 is 10.0 Å². The average molecular weight is 606 g/mol. The highest BCUT2D eigenvalue weighted by Gasteiger charge is 2.38. The highest BCUT2D eigenvalue weighted by Crippen LogP contribution is 2.38. The van der Waals surface area contributed by atoms with Crippen LogP contribution in [0.2, 0.25) is 0 Å². The van der Waals surface area contributed by atoms with E-state index in [2.05, 4.69) is 16.4 Å². The number of carbonyl (C=O) groups excluding carboxylic acids is 1. The van der Waals surface area contributed by atoms with Crippen LogP contribution >= 0.6 is 11.3 Å². The number of hydrogen-bond donors (Lipinski definition) is 2. The summed E-state index contributed by atoms with van der Waals surface area (Å²) in [7, 11) is -3.97. The van der Waals surface area contributed by atoms with Gasteiger partial charge in [0, 0.05) is 23.8 Å². The number of amides is 1. The van der Waals surface area contributed by atoms with Gasteiger partial charge in [0.25, 0.3) is 5.56 Å². The monoisotopic (exact) mass is 605 g/mol. The van der Waals surface area contributed by atoms with Gasteiger partial charge in [0.2, 0.25) is 10.0 Å². The minimum atomic E-state index is -3.97. The van der Waals surface area contributed by atoms with Crippen molar-refractivity contribution in [2.24, 2.45) is 5.14 Å². The number of thiazole rings is 1. The third-order valence-electron chi connectivity index (χ3n) is 7.66. The molecule has 2 saturated heterocycles. The first-order chi connectivity index (χ1) is 20.0. The van der Waals surface area contributed by atoms with Crippen LogP contribution in [0.5, 0.6) is 0 Å². The van der Waals surface area contributed by atoms with E-state index in [0.29, 0.717) is 70.2 Å². The summed E-state index contributed by atoms with van der Waals surface area (Å²) >= 11 is 0.965. The third kappa shape index (κ3) is 5.11. The maximum Gasteiger partial charge on any atom is 0.410 e. The summed E-state index contributed by atoms with van der Waals surface area (Å²) in [6, 6.07) is 12.5. The van der Waals surface area contributed by atoms with Crippen LogP contribution in [0.15, 0.2) is 45.4 Å². The van der Waals surface area contributed by atoms with Crippen molar-refractivity contribution in [2.45, 2.75) is 49.5 Å². The molecule has 2 aromatic heterocycles. The Balaban J connectivity index is 1.44. The zero-order chi connectivity index (χ0) is 29.8. The lowest BCUT2D eigenvalue weighted by molar-refractivity contribution is 0.153. The van der Waals surface area contributed by atoms with Crippen LogP contribution < -0.4 is 16.0 Å². The Morgan fingerprint density at radius 1 is 1.19 bits per heavy atom. The quantitative estimate of drug-likeness (QED) is 0.335. The molecule has 2 atom stereocenters. The van der Waals surface area contributed by atoms with Gasteiger partial charge in [-0.1, -0.05) is 12.1 Å². The molecule has 0 unspecified atom stereocenters. The Bertz CT molecular complexity index is 1940. The van der Waals surface area contributed by atoms with Crippen LogP contribution in [0, 0.1) is 25.2 Å². The van der Waals surface area contributed by atoms with Gasteiger partial charge in [0.05, 0.1) is 40.8 Å². The number of piperidine rings is 1. The van der Waals surface area contributed by atoms with E-state index >= 15 is 0 Å². The van der Waals surface area contributed by atoms with Gasteiger partial charge in [-0.25, -0.2) is 28.3 Å². The number of ether oxygens (including phenoxy) is 1. The van der Waals surface area contributed by atoms with Crippen LogP contribution in [0.1, 0.15) is 35.5 Å². The first-order valence-corrected chi connectivity index (χ1v) is 15.6. The molecule has 2 aromatic carbocycles. The summed E-state index contributed by atoms with van der Waals surface area (Å²) in [4.78, 5) is 36.8. The molecule has 1 amide bonds. The molecule has 0 spiro atoms. The number of nitrogens with two attached hydrogens (primary N) is 1. The van der Waals surface area contributed by atoms with Gasteiger partial charge in [-0.05, 0) is 56.5 Å². The number of hydrogen-bond acceptors (Lipinski definition) is 10. The lowest BCUT2D eigenvalue weighted by Crippen LogP contribution is -2.45. The number of nitriles is 1. The molecule has 12 nitrogen and oxygen atoms in total. The van der Waals surface area contributed by atoms with Crippen LogP contribution in [0.3, 0.4) is 0 Å². The fourth-order valence-corrected chi connectivity index (χ4v) is 7.53. The lowest BCUT2D eigenvalue weighted by atomic mass is 9.97. The molecule has 0 radical (unpaired) electrons. The summed E-state index contributed by atoms with van der Waals surface area (Å²) in [5.41, 5.74) is 3.09. The van der Waals surface area contributed by atoms with Crippen LogP contribution in [0.25, 0.3) is 21.5 Å². The second kappa shape index (κ2) is 10.5. The lowest BCUT2D eigenvalue weighted by Gasteiger charge is -2.33. The largest absolute Gasteiger partial charge is 0.447 e. The van der Waals surface area contributed by atoms with Crippen molar-refractivity contribution in [1.82, 2.24) is 19.4 Å². The minimum absolute atomic E-state index is 0.0274. The molecule has 2 fully saturated rings. The highest BCUT2D eigenvalue weighted by molar-refractivity contribution is 7.91. The number of carbonyl (C=O) groups is 1. The maximum absolute atomic E-state index is 13.8. The molecule has 0 bridgehead atoms. The van der Waals surface area contributed by atoms with Gasteiger partial charge in [-0.15, -0.1) is 11.3 Å². The van der Waals surface area contributed by atoms with E-state index in [1.807, 2.05) is 12.1 Å². The average Bonchev–Trinajstić information content (AvgIpc) is 3.53. The molecule has 42 heavy (non-hydrogen) atoms. The Labute approximate surface area is 245 Å². The minimum Gasteiger partial charge on any atom is -0.447 e. The zero-order valence-corrected chi connectivity index (χ0v) is 24.5. The van der Waals surface area contributed by atoms with Crippen molar-refractivity contribution in [2.75, 3.05) is 18.5 Å². The van der Waals surface area contributed by atoms with Crippen molar-refractivity contribution in [3.63, 3.8) is 0 Å². The number of cyclic esters (lactones) is 1. The summed E-state index contributed by atoms with van der Waals surface area (Å²) < 4.78 is 31.1. The highest BCUT2D eigenvalue weighted by atomic mass is 32.2. The van der Waals surface area contributed by atoms with Crippen LogP contribution in [-0.2, 0) is 21.3 Å². The summed E-state index contributed by atoms with van der Waals surface area (Å²) in [5.74, 6) is 0.502. The van der Waals surface area contributed by atoms with E-state index in [-0.39, 0.29) is 34.5 Å². The molecule has 0 aliphatic carbocycles. The number of primary sulfonamides is 1. The number of fused-ring (bicyclic) bond motifs is 2. The molecule has 216 valence electrons. The summed E-state index contributed by atoms with van der Waals surface area (Å²) in [6.07, 6.45) is 1.01. The molecular formula is C28H27N7O5S2. The van der Waals surface area contributed by atoms with Crippen molar-refractivity contribution >= 4 is 44.0 Å². The molecule has 14 heteroatoms. The molecule has 3 N–H and O–H groups in total. The molecule has 4 heterocycles. The van der Waals surface area contributed by atoms with Crippen LogP contribution in [0.4, 0.5) is 10.5 Å². The predicted molar refractivity (Wildman–Crippen MR) is 157 cm³/mol. The van der Waals surface area contributed by atoms with E-state index in [1.165, 1.54) is 0 Å². The zero-order valence-electron chi connectivity index (χ0n) is 22.8. The molecule has 2 aliphatic heterocycles. The molecule has 6 rings (SSSR count). The van der Waals surface area contributed by atoms with Gasteiger partial charge in [0.15, 0.2) is 4.21 Å². The number of rotatable bonds is 6. The van der Waals surface area contributed by atoms with Gasteiger partial charge in [0.1, 0.15) is 17.4 Å². The standard InChI is InChI=1S/C28H27N7O5S2/c1-15-27(42(30,38)39)41-25(31-15)21-10-24-22(11-23(21)33-19-7-8-34-20(9-19)14-40-28(34)37)26(36)35(16(2)32-24)13-18-5-3-17(12-29)4-6-18/h3-6,10-11,19-20,33H,7-9,13-14H2,1-2H3,(H2,30,38,39)/t19-,20-/m0/s1. The number of aromatic nitrogens is 3. The predicted octanol–water partition coefficient (Wildman–Crippen LogP) is 3.10. The Morgan fingerprint density at radius 3 is 2.64 bits per heavy atom.